The quantitative estimate of drug-likeness (QED) is 0.546. The van der Waals surface area contributed by atoms with Crippen LogP contribution in [0.4, 0.5) is 5.69 Å². The fourth-order valence-electron chi connectivity index (χ4n) is 0.867. The Morgan fingerprint density at radius 1 is 1.55 bits per heavy atom. The lowest BCUT2D eigenvalue weighted by atomic mass is 10.2. The average Bonchev–Trinajstić information content (AvgIpc) is 2.04. The van der Waals surface area contributed by atoms with E-state index in [4.69, 9.17) is 22.1 Å². The molecule has 2 N–H and O–H groups in total. The van der Waals surface area contributed by atoms with Gasteiger partial charge in [-0.2, -0.15) is 0 Å². The van der Waals surface area contributed by atoms with E-state index >= 15 is 0 Å². The highest BCUT2D eigenvalue weighted by Gasteiger charge is 1.98. The Kier molecular flexibility index (Phi) is 2.60. The number of anilines is 1. The lowest BCUT2D eigenvalue weighted by Crippen LogP contribution is -1.92. The van der Waals surface area contributed by atoms with E-state index in [2.05, 4.69) is 0 Å². The van der Waals surface area contributed by atoms with Crippen molar-refractivity contribution in [1.82, 2.24) is 0 Å². The molecule has 0 aromatic heterocycles. The Morgan fingerprint density at radius 2 is 2.27 bits per heavy atom. The molecule has 0 amide bonds. The van der Waals surface area contributed by atoms with E-state index in [1.807, 2.05) is 18.2 Å². The van der Waals surface area contributed by atoms with Gasteiger partial charge in [-0.3, -0.25) is 0 Å². The van der Waals surface area contributed by atoms with Crippen LogP contribution in [0.25, 0.3) is 0 Å². The Bertz CT molecular complexity index is 250. The highest BCUT2D eigenvalue weighted by Crippen LogP contribution is 2.22. The molecule has 0 saturated carbocycles. The minimum absolute atomic E-state index is 0.480. The summed E-state index contributed by atoms with van der Waals surface area (Å²) in [4.78, 5) is 0. The van der Waals surface area contributed by atoms with Gasteiger partial charge in [0.2, 0.25) is 0 Å². The maximum absolute atomic E-state index is 5.62. The summed E-state index contributed by atoms with van der Waals surface area (Å²) in [6.45, 7) is 0. The van der Waals surface area contributed by atoms with Gasteiger partial charge in [0.25, 0.3) is 0 Å². The maximum atomic E-state index is 5.62. The first-order valence-electron chi connectivity index (χ1n) is 3.26. The molecule has 0 spiro atoms. The highest BCUT2D eigenvalue weighted by atomic mass is 35.5. The summed E-state index contributed by atoms with van der Waals surface area (Å²) in [5, 5.41) is 0. The first kappa shape index (κ1) is 8.21. The van der Waals surface area contributed by atoms with Gasteiger partial charge in [0.05, 0.1) is 12.8 Å². The van der Waals surface area contributed by atoms with Gasteiger partial charge < -0.3 is 10.5 Å². The summed E-state index contributed by atoms with van der Waals surface area (Å²) >= 11 is 5.60. The van der Waals surface area contributed by atoms with E-state index in [1.165, 1.54) is 0 Å². The Morgan fingerprint density at radius 3 is 2.73 bits per heavy atom. The molecule has 0 radical (unpaired) electrons. The molecule has 60 valence electrons. The number of rotatable bonds is 2. The van der Waals surface area contributed by atoms with Gasteiger partial charge >= 0.3 is 0 Å². The molecular weight excluding hydrogens is 162 g/mol. The number of methoxy groups -OCH3 is 1. The van der Waals surface area contributed by atoms with Crippen LogP contribution in [0.2, 0.25) is 0 Å². The van der Waals surface area contributed by atoms with E-state index < -0.39 is 0 Å². The number of benzene rings is 1. The van der Waals surface area contributed by atoms with Crippen molar-refractivity contribution in [3.05, 3.63) is 23.8 Å². The van der Waals surface area contributed by atoms with Gasteiger partial charge in [-0.1, -0.05) is 6.07 Å². The van der Waals surface area contributed by atoms with E-state index in [0.29, 0.717) is 17.3 Å². The SMILES string of the molecule is COc1ccc(CCl)cc1N. The van der Waals surface area contributed by atoms with Crippen LogP contribution in [0, 0.1) is 0 Å². The summed E-state index contributed by atoms with van der Waals surface area (Å²) in [5.41, 5.74) is 7.26. The summed E-state index contributed by atoms with van der Waals surface area (Å²) in [5.74, 6) is 1.17. The van der Waals surface area contributed by atoms with Gasteiger partial charge in [-0.25, -0.2) is 0 Å². The summed E-state index contributed by atoms with van der Waals surface area (Å²) in [6.07, 6.45) is 0. The molecule has 1 rings (SSSR count). The fraction of sp³-hybridized carbons (Fsp3) is 0.250. The summed E-state index contributed by atoms with van der Waals surface area (Å²) < 4.78 is 4.98. The zero-order valence-electron chi connectivity index (χ0n) is 6.30. The number of hydrogen-bond donors (Lipinski definition) is 1. The molecule has 2 nitrogen and oxygen atoms in total. The van der Waals surface area contributed by atoms with Gasteiger partial charge in [-0.05, 0) is 17.7 Å². The molecule has 0 aliphatic carbocycles. The van der Waals surface area contributed by atoms with Crippen molar-refractivity contribution >= 4 is 17.3 Å². The van der Waals surface area contributed by atoms with Crippen LogP contribution in [-0.2, 0) is 5.88 Å². The van der Waals surface area contributed by atoms with Crippen molar-refractivity contribution in [2.45, 2.75) is 5.88 Å². The third-order valence-corrected chi connectivity index (χ3v) is 1.76. The van der Waals surface area contributed by atoms with Crippen LogP contribution in [0.15, 0.2) is 18.2 Å². The van der Waals surface area contributed by atoms with Gasteiger partial charge in [0.1, 0.15) is 5.75 Å². The van der Waals surface area contributed by atoms with Crippen molar-refractivity contribution in [3.63, 3.8) is 0 Å². The predicted octanol–water partition coefficient (Wildman–Crippen LogP) is 2.02. The lowest BCUT2D eigenvalue weighted by molar-refractivity contribution is 0.417. The van der Waals surface area contributed by atoms with Crippen molar-refractivity contribution in [2.24, 2.45) is 0 Å². The third-order valence-electron chi connectivity index (χ3n) is 1.45. The fourth-order valence-corrected chi connectivity index (χ4v) is 1.03. The number of hydrogen-bond acceptors (Lipinski definition) is 2. The molecule has 0 atom stereocenters. The smallest absolute Gasteiger partial charge is 0.141 e. The first-order valence-corrected chi connectivity index (χ1v) is 3.79. The predicted molar refractivity (Wildman–Crippen MR) is 47.0 cm³/mol. The van der Waals surface area contributed by atoms with Crippen molar-refractivity contribution in [2.75, 3.05) is 12.8 Å². The largest absolute Gasteiger partial charge is 0.495 e. The number of nitrogens with two attached hydrogens (primary N) is 1. The highest BCUT2D eigenvalue weighted by molar-refractivity contribution is 6.17. The first-order chi connectivity index (χ1) is 5.27. The number of halogens is 1. The molecule has 0 aliphatic rings. The topological polar surface area (TPSA) is 35.2 Å². The normalized spacial score (nSPS) is 9.64. The summed E-state index contributed by atoms with van der Waals surface area (Å²) in [6, 6.07) is 5.51. The molecule has 3 heteroatoms. The molecule has 0 bridgehead atoms. The van der Waals surface area contributed by atoms with Crippen LogP contribution >= 0.6 is 11.6 Å². The van der Waals surface area contributed by atoms with Crippen molar-refractivity contribution < 1.29 is 4.74 Å². The van der Waals surface area contributed by atoms with Crippen molar-refractivity contribution in [1.29, 1.82) is 0 Å². The molecule has 0 saturated heterocycles. The maximum Gasteiger partial charge on any atom is 0.141 e. The van der Waals surface area contributed by atoms with E-state index in [1.54, 1.807) is 7.11 Å². The zero-order valence-corrected chi connectivity index (χ0v) is 7.06. The van der Waals surface area contributed by atoms with Gasteiger partial charge in [0, 0.05) is 5.88 Å². The molecule has 0 heterocycles. The monoisotopic (exact) mass is 171 g/mol. The van der Waals surface area contributed by atoms with Crippen molar-refractivity contribution in [3.8, 4) is 5.75 Å². The molecule has 11 heavy (non-hydrogen) atoms. The minimum Gasteiger partial charge on any atom is -0.495 e. The Labute approximate surface area is 70.9 Å². The minimum atomic E-state index is 0.480. The molecular formula is C8H10ClNO. The van der Waals surface area contributed by atoms with E-state index in [9.17, 15) is 0 Å². The molecule has 0 aliphatic heterocycles. The van der Waals surface area contributed by atoms with Crippen LogP contribution in [0.3, 0.4) is 0 Å². The number of nitrogen functional groups attached to an aromatic ring is 1. The molecule has 0 fully saturated rings. The van der Waals surface area contributed by atoms with E-state index in [0.717, 1.165) is 5.56 Å². The standard InChI is InChI=1S/C8H10ClNO/c1-11-8-3-2-6(5-9)4-7(8)10/h2-4H,5,10H2,1H3. The Hall–Kier alpha value is -0.890. The molecule has 1 aromatic rings. The van der Waals surface area contributed by atoms with Gasteiger partial charge in [-0.15, -0.1) is 11.6 Å². The van der Waals surface area contributed by atoms with Crippen LogP contribution in [-0.4, -0.2) is 7.11 Å². The second-order valence-corrected chi connectivity index (χ2v) is 2.48. The van der Waals surface area contributed by atoms with Crippen LogP contribution < -0.4 is 10.5 Å². The zero-order chi connectivity index (χ0) is 8.27. The lowest BCUT2D eigenvalue weighted by Gasteiger charge is -2.04. The van der Waals surface area contributed by atoms with Crippen LogP contribution in [0.1, 0.15) is 5.56 Å². The average molecular weight is 172 g/mol. The number of alkyl halides is 1. The van der Waals surface area contributed by atoms with Gasteiger partial charge in [0.15, 0.2) is 0 Å². The Balaban J connectivity index is 2.99. The molecule has 0 unspecified atom stereocenters. The number of ether oxygens (including phenoxy) is 1. The van der Waals surface area contributed by atoms with E-state index in [-0.39, 0.29) is 0 Å². The second kappa shape index (κ2) is 3.49. The molecule has 1 aromatic carbocycles. The third kappa shape index (κ3) is 1.77. The second-order valence-electron chi connectivity index (χ2n) is 2.21. The summed E-state index contributed by atoms with van der Waals surface area (Å²) in [7, 11) is 1.59. The van der Waals surface area contributed by atoms with Crippen LogP contribution in [0.5, 0.6) is 5.75 Å².